The summed E-state index contributed by atoms with van der Waals surface area (Å²) in [7, 11) is 0. The van der Waals surface area contributed by atoms with Crippen LogP contribution in [0.1, 0.15) is 71.1 Å². The molecule has 1 spiro atoms. The number of carbonyl (C=O) groups excluding carboxylic acids is 2. The second kappa shape index (κ2) is 6.73. The number of aliphatic imine (C=N–C) groups is 1. The molecule has 2 aliphatic carbocycles. The molecule has 0 radical (unpaired) electrons. The second-order valence-corrected chi connectivity index (χ2v) is 8.45. The average Bonchev–Trinajstić information content (AvgIpc) is 3.19. The Labute approximate surface area is 150 Å². The third-order valence-electron chi connectivity index (χ3n) is 6.80. The molecular formula is C20H31N3O2. The monoisotopic (exact) mass is 345 g/mol. The fourth-order valence-corrected chi connectivity index (χ4v) is 5.08. The molecule has 2 heterocycles. The molecule has 2 saturated carbocycles. The van der Waals surface area contributed by atoms with Crippen molar-refractivity contribution in [1.82, 2.24) is 9.80 Å². The molecule has 0 aromatic heterocycles. The quantitative estimate of drug-likeness (QED) is 0.786. The number of hydrogen-bond acceptors (Lipinski definition) is 3. The van der Waals surface area contributed by atoms with E-state index in [1.165, 1.54) is 32.1 Å². The molecule has 5 nitrogen and oxygen atoms in total. The normalized spacial score (nSPS) is 30.9. The van der Waals surface area contributed by atoms with E-state index in [1.54, 1.807) is 0 Å². The summed E-state index contributed by atoms with van der Waals surface area (Å²) >= 11 is 0. The van der Waals surface area contributed by atoms with Crippen LogP contribution >= 0.6 is 0 Å². The highest BCUT2D eigenvalue weighted by atomic mass is 16.2. The smallest absolute Gasteiger partial charge is 0.257 e. The lowest BCUT2D eigenvalue weighted by Crippen LogP contribution is -2.55. The maximum atomic E-state index is 13.2. The van der Waals surface area contributed by atoms with Crippen LogP contribution in [0, 0.1) is 11.8 Å². The Hall–Kier alpha value is -1.39. The summed E-state index contributed by atoms with van der Waals surface area (Å²) in [5.41, 5.74) is -0.679. The van der Waals surface area contributed by atoms with Gasteiger partial charge in [0.05, 0.1) is 6.54 Å². The summed E-state index contributed by atoms with van der Waals surface area (Å²) in [5.74, 6) is 2.30. The lowest BCUT2D eigenvalue weighted by atomic mass is 9.82. The standard InChI is InChI=1S/C20H31N3O2/c1-2-23-17(13-15-7-5-8-15)21-20(19(23)25)11-6-12-22(14-20)18(24)16-9-3-4-10-16/h15-16H,2-14H2,1H3. The topological polar surface area (TPSA) is 53.0 Å². The number of likely N-dealkylation sites (tertiary alicyclic amines) is 1. The highest BCUT2D eigenvalue weighted by molar-refractivity contribution is 6.08. The highest BCUT2D eigenvalue weighted by Crippen LogP contribution is 2.38. The molecule has 0 aromatic rings. The minimum Gasteiger partial charge on any atom is -0.339 e. The second-order valence-electron chi connectivity index (χ2n) is 8.45. The van der Waals surface area contributed by atoms with Gasteiger partial charge >= 0.3 is 0 Å². The Bertz CT molecular complexity index is 577. The maximum absolute atomic E-state index is 13.2. The van der Waals surface area contributed by atoms with Gasteiger partial charge in [-0.3, -0.25) is 19.5 Å². The number of likely N-dealkylation sites (N-methyl/N-ethyl adjacent to an activating group) is 1. The Kier molecular flexibility index (Phi) is 4.59. The zero-order valence-electron chi connectivity index (χ0n) is 15.5. The van der Waals surface area contributed by atoms with Crippen molar-refractivity contribution in [2.24, 2.45) is 16.8 Å². The van der Waals surface area contributed by atoms with E-state index in [1.807, 2.05) is 16.7 Å². The fourth-order valence-electron chi connectivity index (χ4n) is 5.08. The first-order valence-electron chi connectivity index (χ1n) is 10.3. The van der Waals surface area contributed by atoms with Crippen LogP contribution in [0.15, 0.2) is 4.99 Å². The number of nitrogens with zero attached hydrogens (tertiary/aromatic N) is 3. The minimum absolute atomic E-state index is 0.147. The molecule has 1 unspecified atom stereocenters. The Morgan fingerprint density at radius 2 is 1.92 bits per heavy atom. The summed E-state index contributed by atoms with van der Waals surface area (Å²) in [6.07, 6.45) is 10.9. The van der Waals surface area contributed by atoms with Crippen LogP contribution in [-0.2, 0) is 9.59 Å². The summed E-state index contributed by atoms with van der Waals surface area (Å²) in [4.78, 5) is 34.9. The van der Waals surface area contributed by atoms with Gasteiger partial charge in [0.2, 0.25) is 5.91 Å². The van der Waals surface area contributed by atoms with Crippen molar-refractivity contribution in [3.05, 3.63) is 0 Å². The summed E-state index contributed by atoms with van der Waals surface area (Å²) in [6.45, 7) is 4.04. The van der Waals surface area contributed by atoms with Crippen molar-refractivity contribution in [2.75, 3.05) is 19.6 Å². The first kappa shape index (κ1) is 17.0. The molecule has 138 valence electrons. The average molecular weight is 345 g/mol. The molecule has 4 aliphatic rings. The fraction of sp³-hybridized carbons (Fsp3) is 0.850. The zero-order chi connectivity index (χ0) is 17.4. The van der Waals surface area contributed by atoms with Crippen LogP contribution in [0.3, 0.4) is 0 Å². The van der Waals surface area contributed by atoms with E-state index in [9.17, 15) is 9.59 Å². The Balaban J connectivity index is 1.52. The van der Waals surface area contributed by atoms with Gasteiger partial charge in [-0.2, -0.15) is 0 Å². The lowest BCUT2D eigenvalue weighted by Gasteiger charge is -2.38. The van der Waals surface area contributed by atoms with Crippen LogP contribution in [0.5, 0.6) is 0 Å². The van der Waals surface area contributed by atoms with E-state index in [2.05, 4.69) is 0 Å². The summed E-state index contributed by atoms with van der Waals surface area (Å²) in [5, 5.41) is 0. The molecule has 1 atom stereocenters. The maximum Gasteiger partial charge on any atom is 0.257 e. The van der Waals surface area contributed by atoms with Gasteiger partial charge in [-0.05, 0) is 38.5 Å². The molecule has 4 rings (SSSR count). The van der Waals surface area contributed by atoms with E-state index < -0.39 is 5.54 Å². The molecular weight excluding hydrogens is 314 g/mol. The van der Waals surface area contributed by atoms with Gasteiger partial charge in [-0.1, -0.05) is 32.1 Å². The number of piperidine rings is 1. The van der Waals surface area contributed by atoms with Crippen molar-refractivity contribution in [2.45, 2.75) is 76.7 Å². The molecule has 3 fully saturated rings. The molecule has 2 amide bonds. The highest BCUT2D eigenvalue weighted by Gasteiger charge is 2.51. The van der Waals surface area contributed by atoms with Crippen LogP contribution in [0.4, 0.5) is 0 Å². The lowest BCUT2D eigenvalue weighted by molar-refractivity contribution is -0.141. The van der Waals surface area contributed by atoms with E-state index in [4.69, 9.17) is 4.99 Å². The number of amidine groups is 1. The first-order chi connectivity index (χ1) is 12.1. The third-order valence-corrected chi connectivity index (χ3v) is 6.80. The van der Waals surface area contributed by atoms with E-state index in [0.717, 1.165) is 44.5 Å². The molecule has 0 aromatic carbocycles. The van der Waals surface area contributed by atoms with Gasteiger partial charge in [0.25, 0.3) is 5.91 Å². The predicted octanol–water partition coefficient (Wildman–Crippen LogP) is 2.99. The van der Waals surface area contributed by atoms with Gasteiger partial charge in [0.1, 0.15) is 5.84 Å². The van der Waals surface area contributed by atoms with Gasteiger partial charge in [-0.15, -0.1) is 0 Å². The number of rotatable bonds is 4. The SMILES string of the molecule is CCN1C(=O)C2(CCCN(C(=O)C3CCCC3)C2)N=C1CC1CCC1. The van der Waals surface area contributed by atoms with Crippen LogP contribution in [0.2, 0.25) is 0 Å². The zero-order valence-corrected chi connectivity index (χ0v) is 15.5. The Morgan fingerprint density at radius 3 is 2.56 bits per heavy atom. The molecule has 25 heavy (non-hydrogen) atoms. The van der Waals surface area contributed by atoms with Crippen molar-refractivity contribution in [3.8, 4) is 0 Å². The van der Waals surface area contributed by atoms with Crippen molar-refractivity contribution < 1.29 is 9.59 Å². The van der Waals surface area contributed by atoms with Gasteiger partial charge in [0.15, 0.2) is 5.54 Å². The van der Waals surface area contributed by atoms with Crippen molar-refractivity contribution in [1.29, 1.82) is 0 Å². The predicted molar refractivity (Wildman–Crippen MR) is 97.3 cm³/mol. The molecule has 5 heteroatoms. The molecule has 2 aliphatic heterocycles. The van der Waals surface area contributed by atoms with Crippen molar-refractivity contribution >= 4 is 17.6 Å². The number of carbonyl (C=O) groups is 2. The van der Waals surface area contributed by atoms with Crippen LogP contribution in [-0.4, -0.2) is 52.6 Å². The number of amides is 2. The van der Waals surface area contributed by atoms with Gasteiger partial charge in [0, 0.05) is 25.4 Å². The van der Waals surface area contributed by atoms with Crippen LogP contribution < -0.4 is 0 Å². The van der Waals surface area contributed by atoms with Gasteiger partial charge in [-0.25, -0.2) is 0 Å². The summed E-state index contributed by atoms with van der Waals surface area (Å²) in [6, 6.07) is 0. The molecule has 0 N–H and O–H groups in total. The van der Waals surface area contributed by atoms with Crippen LogP contribution in [0.25, 0.3) is 0 Å². The van der Waals surface area contributed by atoms with E-state index in [0.29, 0.717) is 19.0 Å². The molecule has 0 bridgehead atoms. The van der Waals surface area contributed by atoms with E-state index >= 15 is 0 Å². The number of hydrogen-bond donors (Lipinski definition) is 0. The van der Waals surface area contributed by atoms with Crippen molar-refractivity contribution in [3.63, 3.8) is 0 Å². The van der Waals surface area contributed by atoms with E-state index in [-0.39, 0.29) is 17.7 Å². The van der Waals surface area contributed by atoms with Gasteiger partial charge < -0.3 is 4.90 Å². The third kappa shape index (κ3) is 3.00. The first-order valence-corrected chi connectivity index (χ1v) is 10.3. The summed E-state index contributed by atoms with van der Waals surface area (Å²) < 4.78 is 0. The minimum atomic E-state index is -0.679. The largest absolute Gasteiger partial charge is 0.339 e. The Morgan fingerprint density at radius 1 is 1.16 bits per heavy atom. The molecule has 1 saturated heterocycles.